The fourth-order valence-corrected chi connectivity index (χ4v) is 2.96. The van der Waals surface area contributed by atoms with Gasteiger partial charge in [0.25, 0.3) is 0 Å². The molecule has 18 heavy (non-hydrogen) atoms. The summed E-state index contributed by atoms with van der Waals surface area (Å²) in [5.74, 6) is 0. The highest BCUT2D eigenvalue weighted by molar-refractivity contribution is 8.59. The molecule has 2 atom stereocenters. The molecule has 6 heteroatoms. The summed E-state index contributed by atoms with van der Waals surface area (Å²) in [6.07, 6.45) is -0.256. The van der Waals surface area contributed by atoms with Gasteiger partial charge >= 0.3 is 0 Å². The van der Waals surface area contributed by atoms with Crippen molar-refractivity contribution in [3.63, 3.8) is 0 Å². The van der Waals surface area contributed by atoms with Crippen LogP contribution in [0.4, 0.5) is 0 Å². The van der Waals surface area contributed by atoms with Crippen molar-refractivity contribution in [2.75, 3.05) is 20.6 Å². The summed E-state index contributed by atoms with van der Waals surface area (Å²) in [7, 11) is 3.92. The molecule has 0 saturated heterocycles. The van der Waals surface area contributed by atoms with Crippen LogP contribution < -0.4 is 0 Å². The monoisotopic (exact) mass is 305 g/mol. The molecule has 0 aliphatic carbocycles. The number of thiol groups is 1. The molecule has 1 aromatic carbocycles. The zero-order chi connectivity index (χ0) is 13.9. The van der Waals surface area contributed by atoms with Gasteiger partial charge in [-0.15, -0.1) is 0 Å². The quantitative estimate of drug-likeness (QED) is 0.647. The molecule has 0 fully saturated rings. The van der Waals surface area contributed by atoms with Crippen LogP contribution in [0.15, 0.2) is 18.2 Å². The first-order valence-electron chi connectivity index (χ1n) is 5.65. The topological polar surface area (TPSA) is 32.7 Å². The first kappa shape index (κ1) is 16.2. The Labute approximate surface area is 119 Å². The first-order chi connectivity index (χ1) is 8.19. The molecule has 0 heterocycles. The molecule has 0 spiro atoms. The summed E-state index contributed by atoms with van der Waals surface area (Å²) in [6, 6.07) is 6.18. The van der Waals surface area contributed by atoms with Gasteiger partial charge in [-0.05, 0) is 50.9 Å². The van der Waals surface area contributed by atoms with Crippen molar-refractivity contribution >= 4 is 29.7 Å². The van der Waals surface area contributed by atoms with Gasteiger partial charge in [0.05, 0.1) is 0 Å². The van der Waals surface area contributed by atoms with Crippen molar-refractivity contribution < 1.29 is 9.42 Å². The number of hydrogen-bond donors (Lipinski definition) is 2. The molecule has 0 amide bonds. The molecule has 3 nitrogen and oxygen atoms in total. The van der Waals surface area contributed by atoms with E-state index in [-0.39, 0.29) is 6.10 Å². The van der Waals surface area contributed by atoms with E-state index < -0.39 is 5.69 Å². The molecule has 0 bridgehead atoms. The van der Waals surface area contributed by atoms with Crippen molar-refractivity contribution in [3.8, 4) is 0 Å². The molecule has 0 aliphatic heterocycles. The highest BCUT2D eigenvalue weighted by atomic mass is 32.9. The van der Waals surface area contributed by atoms with Crippen molar-refractivity contribution in [2.45, 2.75) is 20.0 Å². The average molecular weight is 305 g/mol. The first-order valence-corrected chi connectivity index (χ1v) is 9.47. The Bertz CT molecular complexity index is 459. The second-order valence-electron chi connectivity index (χ2n) is 4.71. The van der Waals surface area contributed by atoms with Crippen LogP contribution in [0.3, 0.4) is 0 Å². The summed E-state index contributed by atoms with van der Waals surface area (Å²) < 4.78 is 5.57. The normalized spacial score (nSPS) is 16.6. The molecular weight excluding hydrogens is 285 g/mol. The predicted molar refractivity (Wildman–Crippen MR) is 83.8 cm³/mol. The summed E-state index contributed by atoms with van der Waals surface area (Å²) in [5, 5.41) is 0. The standard InChI is InChI=1S/C12H20NO2PS2/c1-9-5-6-10(2)11(7-9)12(8-13(3)4)15-16(14,17)18/h5-7,12H,8H2,1-4H3,(H2,14,17,18). The maximum Gasteiger partial charge on any atom is 0.242 e. The largest absolute Gasteiger partial charge is 0.338 e. The summed E-state index contributed by atoms with van der Waals surface area (Å²) >= 11 is 8.85. The lowest BCUT2D eigenvalue weighted by Gasteiger charge is -2.25. The van der Waals surface area contributed by atoms with Gasteiger partial charge < -0.3 is 14.3 Å². The van der Waals surface area contributed by atoms with Gasteiger partial charge in [-0.2, -0.15) is 0 Å². The summed E-state index contributed by atoms with van der Waals surface area (Å²) in [6.45, 7) is 4.72. The van der Waals surface area contributed by atoms with Crippen LogP contribution in [0.5, 0.6) is 0 Å². The Balaban J connectivity index is 3.08. The van der Waals surface area contributed by atoms with Gasteiger partial charge in [0.15, 0.2) is 0 Å². The number of likely N-dealkylation sites (N-methyl/N-ethyl adjacent to an activating group) is 1. The van der Waals surface area contributed by atoms with Crippen LogP contribution in [0, 0.1) is 13.8 Å². The minimum absolute atomic E-state index is 0.256. The number of aryl methyl sites for hydroxylation is 2. The summed E-state index contributed by atoms with van der Waals surface area (Å²) in [4.78, 5) is 11.7. The Morgan fingerprint density at radius 2 is 2.06 bits per heavy atom. The maximum absolute atomic E-state index is 9.67. The number of hydrogen-bond acceptors (Lipinski definition) is 3. The van der Waals surface area contributed by atoms with Crippen molar-refractivity contribution in [3.05, 3.63) is 34.9 Å². The second kappa shape index (κ2) is 6.51. The third-order valence-corrected chi connectivity index (χ3v) is 3.65. The van der Waals surface area contributed by atoms with Crippen LogP contribution in [-0.4, -0.2) is 30.4 Å². The molecule has 1 aromatic rings. The molecule has 0 aromatic heterocycles. The number of nitrogens with zero attached hydrogens (tertiary/aromatic N) is 1. The predicted octanol–water partition coefficient (Wildman–Crippen LogP) is 3.07. The molecule has 1 rings (SSSR count). The van der Waals surface area contributed by atoms with Crippen LogP contribution in [0.1, 0.15) is 22.8 Å². The van der Waals surface area contributed by atoms with Crippen LogP contribution in [0.2, 0.25) is 0 Å². The Morgan fingerprint density at radius 1 is 1.44 bits per heavy atom. The Hall–Kier alpha value is 0.1000. The van der Waals surface area contributed by atoms with E-state index in [1.54, 1.807) is 0 Å². The SMILES string of the molecule is Cc1ccc(C)c(C(CN(C)C)OP(O)(=S)S)c1. The summed E-state index contributed by atoms with van der Waals surface area (Å²) in [5.41, 5.74) is 0.369. The lowest BCUT2D eigenvalue weighted by Crippen LogP contribution is -2.22. The maximum atomic E-state index is 9.67. The average Bonchev–Trinajstić information content (AvgIpc) is 2.18. The molecule has 102 valence electrons. The number of rotatable bonds is 5. The minimum Gasteiger partial charge on any atom is -0.338 e. The third-order valence-electron chi connectivity index (χ3n) is 2.58. The van der Waals surface area contributed by atoms with Crippen LogP contribution >= 0.6 is 17.9 Å². The zero-order valence-corrected chi connectivity index (χ0v) is 13.7. The van der Waals surface area contributed by atoms with Gasteiger partial charge in [-0.3, -0.25) is 0 Å². The van der Waals surface area contributed by atoms with E-state index >= 15 is 0 Å². The van der Waals surface area contributed by atoms with Gasteiger partial charge in [0, 0.05) is 6.54 Å². The molecule has 0 aliphatic rings. The van der Waals surface area contributed by atoms with Crippen molar-refractivity contribution in [2.24, 2.45) is 0 Å². The smallest absolute Gasteiger partial charge is 0.242 e. The van der Waals surface area contributed by atoms with Gasteiger partial charge in [-0.25, -0.2) is 0 Å². The van der Waals surface area contributed by atoms with Gasteiger partial charge in [0.2, 0.25) is 5.69 Å². The Morgan fingerprint density at radius 3 is 2.56 bits per heavy atom. The molecule has 2 unspecified atom stereocenters. The fraction of sp³-hybridized carbons (Fsp3) is 0.500. The van der Waals surface area contributed by atoms with Gasteiger partial charge in [0.1, 0.15) is 6.10 Å². The molecule has 1 N–H and O–H groups in total. The highest BCUT2D eigenvalue weighted by Crippen LogP contribution is 2.51. The molecular formula is C12H20NO2PS2. The van der Waals surface area contributed by atoms with Crippen molar-refractivity contribution in [1.82, 2.24) is 4.90 Å². The molecule has 0 saturated carbocycles. The lowest BCUT2D eigenvalue weighted by molar-refractivity contribution is 0.167. The lowest BCUT2D eigenvalue weighted by atomic mass is 10.0. The van der Waals surface area contributed by atoms with Crippen molar-refractivity contribution in [1.29, 1.82) is 0 Å². The van der Waals surface area contributed by atoms with E-state index in [0.29, 0.717) is 6.54 Å². The van der Waals surface area contributed by atoms with E-state index in [1.165, 1.54) is 0 Å². The Kier molecular flexibility index (Phi) is 5.84. The van der Waals surface area contributed by atoms with Crippen LogP contribution in [-0.2, 0) is 16.3 Å². The second-order valence-corrected chi connectivity index (χ2v) is 9.82. The van der Waals surface area contributed by atoms with E-state index in [9.17, 15) is 4.89 Å². The van der Waals surface area contributed by atoms with Crippen LogP contribution in [0.25, 0.3) is 0 Å². The fourth-order valence-electron chi connectivity index (χ4n) is 1.79. The number of benzene rings is 1. The molecule has 0 radical (unpaired) electrons. The van der Waals surface area contributed by atoms with E-state index in [1.807, 2.05) is 32.8 Å². The highest BCUT2D eigenvalue weighted by Gasteiger charge is 2.21. The van der Waals surface area contributed by atoms with E-state index in [4.69, 9.17) is 16.3 Å². The minimum atomic E-state index is -2.98. The van der Waals surface area contributed by atoms with Gasteiger partial charge in [-0.1, -0.05) is 36.0 Å². The third kappa shape index (κ3) is 5.39. The zero-order valence-electron chi connectivity index (χ0n) is 11.1. The van der Waals surface area contributed by atoms with E-state index in [0.717, 1.165) is 16.7 Å². The van der Waals surface area contributed by atoms with E-state index in [2.05, 4.69) is 30.4 Å².